The smallest absolute Gasteiger partial charge is 0.326 e. The molecule has 6 nitrogen and oxygen atoms in total. The van der Waals surface area contributed by atoms with E-state index in [1.165, 1.54) is 10.7 Å². The summed E-state index contributed by atoms with van der Waals surface area (Å²) in [6.07, 6.45) is 3.94. The molecule has 1 atom stereocenters. The first kappa shape index (κ1) is 19.0. The Bertz CT molecular complexity index is 879. The van der Waals surface area contributed by atoms with Gasteiger partial charge in [-0.3, -0.25) is 4.79 Å². The van der Waals surface area contributed by atoms with E-state index < -0.39 is 29.6 Å². The summed E-state index contributed by atoms with van der Waals surface area (Å²) in [4.78, 5) is 24.0. The Morgan fingerprint density at radius 3 is 2.74 bits per heavy atom. The lowest BCUT2D eigenvalue weighted by molar-refractivity contribution is -0.139. The molecule has 2 aromatic rings. The number of amides is 1. The van der Waals surface area contributed by atoms with Gasteiger partial charge in [0.05, 0.1) is 5.69 Å². The molecule has 1 amide bonds. The number of fused-ring (bicyclic) bond motifs is 1. The van der Waals surface area contributed by atoms with Crippen LogP contribution < -0.4 is 5.32 Å². The van der Waals surface area contributed by atoms with Crippen molar-refractivity contribution in [3.05, 3.63) is 46.8 Å². The van der Waals surface area contributed by atoms with Gasteiger partial charge in [-0.25, -0.2) is 18.3 Å². The van der Waals surface area contributed by atoms with E-state index in [-0.39, 0.29) is 5.69 Å². The van der Waals surface area contributed by atoms with Crippen LogP contribution in [0.2, 0.25) is 0 Å². The van der Waals surface area contributed by atoms with E-state index in [1.54, 1.807) is 0 Å². The van der Waals surface area contributed by atoms with Crippen molar-refractivity contribution in [2.45, 2.75) is 51.5 Å². The highest BCUT2D eigenvalue weighted by Gasteiger charge is 2.29. The number of rotatable bonds is 7. The first-order valence-electron chi connectivity index (χ1n) is 9.02. The van der Waals surface area contributed by atoms with Crippen LogP contribution in [0.15, 0.2) is 18.2 Å². The minimum absolute atomic E-state index is 0.148. The summed E-state index contributed by atoms with van der Waals surface area (Å²) in [5, 5.41) is 16.1. The Balaban J connectivity index is 1.91. The Labute approximate surface area is 155 Å². The summed E-state index contributed by atoms with van der Waals surface area (Å²) in [6.45, 7) is 1.94. The third-order valence-corrected chi connectivity index (χ3v) is 4.74. The number of hydrogen-bond donors (Lipinski definition) is 2. The summed E-state index contributed by atoms with van der Waals surface area (Å²) < 4.78 is 28.3. The van der Waals surface area contributed by atoms with Gasteiger partial charge < -0.3 is 10.4 Å². The molecule has 1 aromatic carbocycles. The summed E-state index contributed by atoms with van der Waals surface area (Å²) >= 11 is 0. The molecule has 1 unspecified atom stereocenters. The molecule has 1 aliphatic rings. The minimum atomic E-state index is -1.09. The number of halogens is 2. The molecule has 1 aromatic heterocycles. The fourth-order valence-electron chi connectivity index (χ4n) is 3.34. The number of carbonyl (C=O) groups is 2. The lowest BCUT2D eigenvalue weighted by Crippen LogP contribution is -2.41. The number of unbranched alkanes of at least 4 members (excludes halogenated alkanes) is 1. The molecule has 27 heavy (non-hydrogen) atoms. The number of nitrogens with zero attached hydrogens (tertiary/aromatic N) is 2. The maximum Gasteiger partial charge on any atom is 0.326 e. The highest BCUT2D eigenvalue weighted by atomic mass is 19.2. The van der Waals surface area contributed by atoms with Crippen LogP contribution in [0, 0.1) is 11.6 Å². The van der Waals surface area contributed by atoms with Crippen molar-refractivity contribution in [3.63, 3.8) is 0 Å². The molecule has 0 saturated carbocycles. The largest absolute Gasteiger partial charge is 0.480 e. The second-order valence-corrected chi connectivity index (χ2v) is 6.64. The van der Waals surface area contributed by atoms with Gasteiger partial charge in [0.2, 0.25) is 0 Å². The number of hydrogen-bond acceptors (Lipinski definition) is 3. The molecule has 0 fully saturated rings. The van der Waals surface area contributed by atoms with Gasteiger partial charge in [-0.15, -0.1) is 0 Å². The molecule has 2 N–H and O–H groups in total. The predicted molar refractivity (Wildman–Crippen MR) is 93.9 cm³/mol. The van der Waals surface area contributed by atoms with Crippen molar-refractivity contribution in [2.75, 3.05) is 0 Å². The monoisotopic (exact) mass is 377 g/mol. The molecule has 3 rings (SSSR count). The molecular weight excluding hydrogens is 356 g/mol. The van der Waals surface area contributed by atoms with E-state index in [4.69, 9.17) is 0 Å². The van der Waals surface area contributed by atoms with Gasteiger partial charge >= 0.3 is 5.97 Å². The fraction of sp³-hybridized carbons (Fsp3) is 0.421. The lowest BCUT2D eigenvalue weighted by Gasteiger charge is -2.13. The van der Waals surface area contributed by atoms with Crippen LogP contribution >= 0.6 is 0 Å². The number of aromatic nitrogens is 2. The summed E-state index contributed by atoms with van der Waals surface area (Å²) in [5.74, 6) is -3.60. The van der Waals surface area contributed by atoms with Gasteiger partial charge in [0.15, 0.2) is 17.3 Å². The maximum atomic E-state index is 13.6. The Hall–Kier alpha value is -2.77. The molecular formula is C19H21F2N3O3. The number of benzene rings is 1. The third-order valence-electron chi connectivity index (χ3n) is 4.74. The molecule has 0 spiro atoms. The first-order chi connectivity index (χ1) is 12.9. The van der Waals surface area contributed by atoms with Gasteiger partial charge in [-0.05, 0) is 37.8 Å². The van der Waals surface area contributed by atoms with E-state index in [1.807, 2.05) is 6.92 Å². The number of aliphatic carboxylic acids is 1. The molecule has 144 valence electrons. The van der Waals surface area contributed by atoms with E-state index in [2.05, 4.69) is 10.4 Å². The number of carboxylic acids is 1. The van der Waals surface area contributed by atoms with Crippen LogP contribution in [-0.4, -0.2) is 32.8 Å². The van der Waals surface area contributed by atoms with Gasteiger partial charge in [-0.1, -0.05) is 19.8 Å². The van der Waals surface area contributed by atoms with Crippen molar-refractivity contribution >= 4 is 11.9 Å². The standard InChI is InChI=1S/C19H21F2N3O3/c1-2-3-6-15(19(26)27)22-18(25)17-12-5-4-7-16(12)24(23-17)11-8-9-13(20)14(21)10-11/h8-10,15H,2-7H2,1H3,(H,22,25)(H,26,27). The highest BCUT2D eigenvalue weighted by Crippen LogP contribution is 2.28. The van der Waals surface area contributed by atoms with Crippen LogP contribution in [-0.2, 0) is 17.6 Å². The van der Waals surface area contributed by atoms with Crippen LogP contribution in [0.4, 0.5) is 8.78 Å². The molecule has 0 saturated heterocycles. The normalized spacial score (nSPS) is 14.0. The molecule has 8 heteroatoms. The third kappa shape index (κ3) is 3.84. The van der Waals surface area contributed by atoms with Gasteiger partial charge in [0.25, 0.3) is 5.91 Å². The summed E-state index contributed by atoms with van der Waals surface area (Å²) in [6, 6.07) is 2.46. The van der Waals surface area contributed by atoms with Crippen molar-refractivity contribution in [2.24, 2.45) is 0 Å². The maximum absolute atomic E-state index is 13.6. The molecule has 0 bridgehead atoms. The van der Waals surface area contributed by atoms with Crippen molar-refractivity contribution < 1.29 is 23.5 Å². The zero-order chi connectivity index (χ0) is 19.6. The SMILES string of the molecule is CCCCC(NC(=O)c1nn(-c2ccc(F)c(F)c2)c2c1CCC2)C(=O)O. The number of carboxylic acid groups (broad SMARTS) is 1. The van der Waals surface area contributed by atoms with E-state index in [0.29, 0.717) is 31.4 Å². The summed E-state index contributed by atoms with van der Waals surface area (Å²) in [5.41, 5.74) is 1.98. The van der Waals surface area contributed by atoms with Gasteiger partial charge in [-0.2, -0.15) is 5.10 Å². The molecule has 0 aliphatic heterocycles. The quantitative estimate of drug-likeness (QED) is 0.777. The number of nitrogens with one attached hydrogen (secondary N) is 1. The average molecular weight is 377 g/mol. The van der Waals surface area contributed by atoms with Crippen molar-refractivity contribution in [1.29, 1.82) is 0 Å². The average Bonchev–Trinajstić information content (AvgIpc) is 3.23. The Kier molecular flexibility index (Phi) is 5.53. The zero-order valence-electron chi connectivity index (χ0n) is 15.0. The highest BCUT2D eigenvalue weighted by molar-refractivity contribution is 5.96. The molecule has 1 aliphatic carbocycles. The molecule has 0 radical (unpaired) electrons. The topological polar surface area (TPSA) is 84.2 Å². The second kappa shape index (κ2) is 7.85. The van der Waals surface area contributed by atoms with Gasteiger partial charge in [0, 0.05) is 17.3 Å². The lowest BCUT2D eigenvalue weighted by atomic mass is 10.1. The Morgan fingerprint density at radius 2 is 2.07 bits per heavy atom. The predicted octanol–water partition coefficient (Wildman–Crippen LogP) is 3.01. The minimum Gasteiger partial charge on any atom is -0.480 e. The second-order valence-electron chi connectivity index (χ2n) is 6.64. The first-order valence-corrected chi connectivity index (χ1v) is 9.02. The van der Waals surface area contributed by atoms with Crippen LogP contribution in [0.5, 0.6) is 0 Å². The molecule has 1 heterocycles. The van der Waals surface area contributed by atoms with Crippen molar-refractivity contribution in [1.82, 2.24) is 15.1 Å². The zero-order valence-corrected chi connectivity index (χ0v) is 15.0. The van der Waals surface area contributed by atoms with E-state index >= 15 is 0 Å². The van der Waals surface area contributed by atoms with E-state index in [0.717, 1.165) is 36.2 Å². The fourth-order valence-corrected chi connectivity index (χ4v) is 3.34. The van der Waals surface area contributed by atoms with Crippen LogP contribution in [0.25, 0.3) is 5.69 Å². The van der Waals surface area contributed by atoms with Crippen molar-refractivity contribution in [3.8, 4) is 5.69 Å². The summed E-state index contributed by atoms with van der Waals surface area (Å²) in [7, 11) is 0. The van der Waals surface area contributed by atoms with Crippen LogP contribution in [0.3, 0.4) is 0 Å². The van der Waals surface area contributed by atoms with Gasteiger partial charge in [0.1, 0.15) is 6.04 Å². The van der Waals surface area contributed by atoms with Crippen LogP contribution in [0.1, 0.15) is 54.4 Å². The number of carbonyl (C=O) groups excluding carboxylic acids is 1. The van der Waals surface area contributed by atoms with E-state index in [9.17, 15) is 23.5 Å². The Morgan fingerprint density at radius 1 is 1.30 bits per heavy atom.